The van der Waals surface area contributed by atoms with Crippen LogP contribution in [0.5, 0.6) is 0 Å². The van der Waals surface area contributed by atoms with Gasteiger partial charge in [0.2, 0.25) is 0 Å². The minimum absolute atomic E-state index is 0.475. The maximum atomic E-state index is 6.14. The fraction of sp³-hybridized carbons (Fsp3) is 1.00. The molecule has 21 heavy (non-hydrogen) atoms. The molecule has 2 nitrogen and oxygen atoms in total. The van der Waals surface area contributed by atoms with Crippen LogP contribution in [-0.2, 0) is 4.74 Å². The molecule has 2 atom stereocenters. The number of hydrogen-bond donors (Lipinski definition) is 1. The molecule has 1 saturated heterocycles. The van der Waals surface area contributed by atoms with Gasteiger partial charge in [0.1, 0.15) is 0 Å². The Morgan fingerprint density at radius 1 is 1.10 bits per heavy atom. The summed E-state index contributed by atoms with van der Waals surface area (Å²) in [6, 6.07) is 0. The summed E-state index contributed by atoms with van der Waals surface area (Å²) in [5.41, 5.74) is 0.967. The summed E-state index contributed by atoms with van der Waals surface area (Å²) in [5.74, 6) is 0.899. The molecule has 0 aromatic rings. The van der Waals surface area contributed by atoms with Gasteiger partial charge < -0.3 is 10.1 Å². The largest absolute Gasteiger partial charge is 0.375 e. The van der Waals surface area contributed by atoms with E-state index >= 15 is 0 Å². The lowest BCUT2D eigenvalue weighted by Gasteiger charge is -2.45. The van der Waals surface area contributed by atoms with Gasteiger partial charge in [-0.1, -0.05) is 27.7 Å². The lowest BCUT2D eigenvalue weighted by atomic mass is 9.62. The maximum Gasteiger partial charge on any atom is 0.0585 e. The summed E-state index contributed by atoms with van der Waals surface area (Å²) < 4.78 is 6.14. The first-order chi connectivity index (χ1) is 9.85. The zero-order chi connectivity index (χ0) is 15.5. The van der Waals surface area contributed by atoms with Crippen molar-refractivity contribution in [1.82, 2.24) is 5.32 Å². The molecule has 1 aliphatic heterocycles. The van der Waals surface area contributed by atoms with Crippen LogP contribution in [-0.4, -0.2) is 25.3 Å². The summed E-state index contributed by atoms with van der Waals surface area (Å²) in [7, 11) is 0. The molecule has 1 N–H and O–H groups in total. The second-order valence-electron chi connectivity index (χ2n) is 8.77. The molecule has 1 saturated carbocycles. The molecular formula is C19H37NO. The second kappa shape index (κ2) is 7.00. The predicted octanol–water partition coefficient (Wildman–Crippen LogP) is 4.78. The van der Waals surface area contributed by atoms with Gasteiger partial charge in [-0.25, -0.2) is 0 Å². The minimum Gasteiger partial charge on any atom is -0.375 e. The van der Waals surface area contributed by atoms with Crippen molar-refractivity contribution in [3.8, 4) is 0 Å². The molecule has 0 spiro atoms. The third-order valence-electron chi connectivity index (χ3n) is 6.00. The fourth-order valence-electron chi connectivity index (χ4n) is 4.46. The lowest BCUT2D eigenvalue weighted by Crippen LogP contribution is -2.41. The Bertz CT molecular complexity index is 312. The van der Waals surface area contributed by atoms with Crippen molar-refractivity contribution >= 4 is 0 Å². The van der Waals surface area contributed by atoms with Crippen molar-refractivity contribution < 1.29 is 4.74 Å². The van der Waals surface area contributed by atoms with Crippen LogP contribution in [0.3, 0.4) is 0 Å². The van der Waals surface area contributed by atoms with Crippen LogP contribution in [0, 0.1) is 16.7 Å². The van der Waals surface area contributed by atoms with Gasteiger partial charge in [-0.3, -0.25) is 0 Å². The van der Waals surface area contributed by atoms with E-state index in [1.165, 1.54) is 51.5 Å². The SMILES string of the molecule is CCNCC1(CC2CCC(C)O2)CCC(C(C)(C)C)CC1. The van der Waals surface area contributed by atoms with Gasteiger partial charge in [0, 0.05) is 6.54 Å². The number of hydrogen-bond acceptors (Lipinski definition) is 2. The van der Waals surface area contributed by atoms with E-state index in [0.717, 1.165) is 12.5 Å². The Hall–Kier alpha value is -0.0800. The van der Waals surface area contributed by atoms with Crippen molar-refractivity contribution in [1.29, 1.82) is 0 Å². The third kappa shape index (κ3) is 4.69. The highest BCUT2D eigenvalue weighted by molar-refractivity contribution is 4.93. The summed E-state index contributed by atoms with van der Waals surface area (Å²) >= 11 is 0. The van der Waals surface area contributed by atoms with Gasteiger partial charge in [-0.05, 0) is 75.2 Å². The minimum atomic E-state index is 0.475. The molecule has 2 aliphatic rings. The smallest absolute Gasteiger partial charge is 0.0585 e. The normalized spacial score (nSPS) is 37.9. The molecule has 0 amide bonds. The average molecular weight is 296 g/mol. The number of nitrogens with one attached hydrogen (secondary N) is 1. The van der Waals surface area contributed by atoms with E-state index in [1.54, 1.807) is 0 Å². The summed E-state index contributed by atoms with van der Waals surface area (Å²) in [4.78, 5) is 0. The van der Waals surface area contributed by atoms with Crippen LogP contribution in [0.1, 0.15) is 79.6 Å². The number of ether oxygens (including phenoxy) is 1. The van der Waals surface area contributed by atoms with E-state index in [2.05, 4.69) is 39.9 Å². The van der Waals surface area contributed by atoms with E-state index in [4.69, 9.17) is 4.74 Å². The molecule has 0 aromatic carbocycles. The molecule has 2 heteroatoms. The van der Waals surface area contributed by atoms with Crippen molar-refractivity contribution in [2.24, 2.45) is 16.7 Å². The first-order valence-corrected chi connectivity index (χ1v) is 9.21. The Morgan fingerprint density at radius 2 is 1.76 bits per heavy atom. The molecule has 2 fully saturated rings. The van der Waals surface area contributed by atoms with Crippen LogP contribution in [0.2, 0.25) is 0 Å². The predicted molar refractivity (Wildman–Crippen MR) is 90.6 cm³/mol. The monoisotopic (exact) mass is 295 g/mol. The average Bonchev–Trinajstić information content (AvgIpc) is 2.81. The second-order valence-corrected chi connectivity index (χ2v) is 8.77. The molecule has 0 bridgehead atoms. The molecule has 2 rings (SSSR count). The highest BCUT2D eigenvalue weighted by Gasteiger charge is 2.41. The zero-order valence-corrected chi connectivity index (χ0v) is 15.0. The van der Waals surface area contributed by atoms with Gasteiger partial charge in [0.25, 0.3) is 0 Å². The Labute approximate surface area is 132 Å². The zero-order valence-electron chi connectivity index (χ0n) is 15.0. The van der Waals surface area contributed by atoms with E-state index in [-0.39, 0.29) is 0 Å². The van der Waals surface area contributed by atoms with E-state index in [1.807, 2.05) is 0 Å². The summed E-state index contributed by atoms with van der Waals surface area (Å²) in [6.07, 6.45) is 10.4. The van der Waals surface area contributed by atoms with Crippen molar-refractivity contribution in [2.45, 2.75) is 91.8 Å². The van der Waals surface area contributed by atoms with Gasteiger partial charge in [0.15, 0.2) is 0 Å². The fourth-order valence-corrected chi connectivity index (χ4v) is 4.46. The van der Waals surface area contributed by atoms with Gasteiger partial charge in [-0.15, -0.1) is 0 Å². The summed E-state index contributed by atoms with van der Waals surface area (Å²) in [5, 5.41) is 3.64. The van der Waals surface area contributed by atoms with Crippen molar-refractivity contribution in [3.63, 3.8) is 0 Å². The van der Waals surface area contributed by atoms with Crippen LogP contribution in [0.25, 0.3) is 0 Å². The molecule has 1 aliphatic carbocycles. The molecular weight excluding hydrogens is 258 g/mol. The molecule has 124 valence electrons. The van der Waals surface area contributed by atoms with Crippen LogP contribution >= 0.6 is 0 Å². The first kappa shape index (κ1) is 17.3. The number of rotatable bonds is 5. The molecule has 0 radical (unpaired) electrons. The Morgan fingerprint density at radius 3 is 2.24 bits per heavy atom. The van der Waals surface area contributed by atoms with Crippen LogP contribution < -0.4 is 5.32 Å². The molecule has 0 aromatic heterocycles. The third-order valence-corrected chi connectivity index (χ3v) is 6.00. The van der Waals surface area contributed by atoms with Crippen LogP contribution in [0.4, 0.5) is 0 Å². The highest BCUT2D eigenvalue weighted by atomic mass is 16.5. The van der Waals surface area contributed by atoms with E-state index < -0.39 is 0 Å². The van der Waals surface area contributed by atoms with Gasteiger partial charge >= 0.3 is 0 Å². The molecule has 1 heterocycles. The Kier molecular flexibility index (Phi) is 5.76. The van der Waals surface area contributed by atoms with Gasteiger partial charge in [0.05, 0.1) is 12.2 Å². The van der Waals surface area contributed by atoms with Crippen molar-refractivity contribution in [2.75, 3.05) is 13.1 Å². The maximum absolute atomic E-state index is 6.14. The molecule has 2 unspecified atom stereocenters. The van der Waals surface area contributed by atoms with Crippen molar-refractivity contribution in [3.05, 3.63) is 0 Å². The van der Waals surface area contributed by atoms with Crippen LogP contribution in [0.15, 0.2) is 0 Å². The topological polar surface area (TPSA) is 21.3 Å². The first-order valence-electron chi connectivity index (χ1n) is 9.21. The lowest BCUT2D eigenvalue weighted by molar-refractivity contribution is -0.00220. The summed E-state index contributed by atoms with van der Waals surface area (Å²) in [6.45, 7) is 14.0. The highest BCUT2D eigenvalue weighted by Crippen LogP contribution is 2.48. The van der Waals surface area contributed by atoms with Gasteiger partial charge in [-0.2, -0.15) is 0 Å². The Balaban J connectivity index is 1.95. The van der Waals surface area contributed by atoms with E-state index in [9.17, 15) is 0 Å². The van der Waals surface area contributed by atoms with E-state index in [0.29, 0.717) is 23.0 Å². The quantitative estimate of drug-likeness (QED) is 0.788. The standard InChI is InChI=1S/C19H37NO/c1-6-20-14-19(13-17-8-7-15(2)21-17)11-9-16(10-12-19)18(3,4)5/h15-17,20H,6-14H2,1-5H3.